The topological polar surface area (TPSA) is 60.3 Å². The van der Waals surface area contributed by atoms with E-state index in [9.17, 15) is 0 Å². The van der Waals surface area contributed by atoms with Crippen molar-refractivity contribution in [1.29, 1.82) is 0 Å². The standard InChI is InChI=1S/C19H19ClN4O2S/c1-25-17-7-16(8-18(9-17)26-2)23-19(27)22-15-5-3-4-13(6-15)11-24-12-14(20)10-21-24/h3-10,12H,11H2,1-2H3,(H2,22,23,27). The predicted molar refractivity (Wildman–Crippen MR) is 112 cm³/mol. The van der Waals surface area contributed by atoms with Gasteiger partial charge >= 0.3 is 0 Å². The monoisotopic (exact) mass is 402 g/mol. The number of hydrogen-bond acceptors (Lipinski definition) is 4. The minimum atomic E-state index is 0.463. The van der Waals surface area contributed by atoms with E-state index in [2.05, 4.69) is 15.7 Å². The summed E-state index contributed by atoms with van der Waals surface area (Å²) in [6.45, 7) is 0.621. The van der Waals surface area contributed by atoms with Crippen molar-refractivity contribution in [1.82, 2.24) is 9.78 Å². The van der Waals surface area contributed by atoms with Crippen LogP contribution in [0.25, 0.3) is 0 Å². The van der Waals surface area contributed by atoms with Crippen molar-refractivity contribution in [3.8, 4) is 11.5 Å². The lowest BCUT2D eigenvalue weighted by molar-refractivity contribution is 0.395. The molecule has 1 aromatic heterocycles. The van der Waals surface area contributed by atoms with Gasteiger partial charge in [-0.15, -0.1) is 0 Å². The van der Waals surface area contributed by atoms with Crippen molar-refractivity contribution in [3.63, 3.8) is 0 Å². The van der Waals surface area contributed by atoms with E-state index in [0.717, 1.165) is 16.9 Å². The molecule has 0 radical (unpaired) electrons. The molecule has 3 aromatic rings. The fraction of sp³-hybridized carbons (Fsp3) is 0.158. The summed E-state index contributed by atoms with van der Waals surface area (Å²) in [5, 5.41) is 11.6. The largest absolute Gasteiger partial charge is 0.497 e. The van der Waals surface area contributed by atoms with Gasteiger partial charge < -0.3 is 20.1 Å². The lowest BCUT2D eigenvalue weighted by Gasteiger charge is -2.13. The van der Waals surface area contributed by atoms with Crippen LogP contribution in [-0.4, -0.2) is 29.1 Å². The van der Waals surface area contributed by atoms with Crippen LogP contribution in [0.1, 0.15) is 5.56 Å². The van der Waals surface area contributed by atoms with Crippen LogP contribution in [-0.2, 0) is 6.54 Å². The lowest BCUT2D eigenvalue weighted by atomic mass is 10.2. The van der Waals surface area contributed by atoms with Gasteiger partial charge in [0.2, 0.25) is 0 Å². The molecular weight excluding hydrogens is 384 g/mol. The molecule has 0 saturated heterocycles. The maximum Gasteiger partial charge on any atom is 0.175 e. The lowest BCUT2D eigenvalue weighted by Crippen LogP contribution is -2.19. The third-order valence-electron chi connectivity index (χ3n) is 3.74. The van der Waals surface area contributed by atoms with E-state index in [1.54, 1.807) is 37.4 Å². The van der Waals surface area contributed by atoms with Gasteiger partial charge in [0.1, 0.15) is 11.5 Å². The second-order valence-electron chi connectivity index (χ2n) is 5.74. The van der Waals surface area contributed by atoms with Crippen LogP contribution in [0.4, 0.5) is 11.4 Å². The summed E-state index contributed by atoms with van der Waals surface area (Å²) in [6.07, 6.45) is 3.40. The van der Waals surface area contributed by atoms with E-state index in [1.165, 1.54) is 0 Å². The molecule has 0 unspecified atom stereocenters. The van der Waals surface area contributed by atoms with Crippen LogP contribution in [0.15, 0.2) is 54.9 Å². The van der Waals surface area contributed by atoms with Crippen LogP contribution in [0.2, 0.25) is 5.02 Å². The predicted octanol–water partition coefficient (Wildman–Crippen LogP) is 4.41. The van der Waals surface area contributed by atoms with Gasteiger partial charge in [-0.1, -0.05) is 23.7 Å². The van der Waals surface area contributed by atoms with Crippen molar-refractivity contribution >= 4 is 40.3 Å². The van der Waals surface area contributed by atoms with E-state index >= 15 is 0 Å². The maximum atomic E-state index is 5.91. The summed E-state index contributed by atoms with van der Waals surface area (Å²) in [4.78, 5) is 0. The van der Waals surface area contributed by atoms with Crippen molar-refractivity contribution in [2.75, 3.05) is 24.9 Å². The van der Waals surface area contributed by atoms with Gasteiger partial charge in [-0.05, 0) is 29.9 Å². The smallest absolute Gasteiger partial charge is 0.175 e. The molecule has 0 amide bonds. The molecule has 0 aliphatic rings. The number of aromatic nitrogens is 2. The number of thiocarbonyl (C=S) groups is 1. The van der Waals surface area contributed by atoms with E-state index < -0.39 is 0 Å². The highest BCUT2D eigenvalue weighted by atomic mass is 35.5. The minimum Gasteiger partial charge on any atom is -0.497 e. The number of anilines is 2. The van der Waals surface area contributed by atoms with Crippen molar-refractivity contribution in [2.24, 2.45) is 0 Å². The van der Waals surface area contributed by atoms with Gasteiger partial charge in [-0.3, -0.25) is 4.68 Å². The molecule has 0 atom stereocenters. The molecule has 0 fully saturated rings. The molecule has 2 aromatic carbocycles. The van der Waals surface area contributed by atoms with Gasteiger partial charge in [-0.2, -0.15) is 5.10 Å². The minimum absolute atomic E-state index is 0.463. The van der Waals surface area contributed by atoms with Gasteiger partial charge in [-0.25, -0.2) is 0 Å². The number of hydrogen-bond donors (Lipinski definition) is 2. The van der Waals surface area contributed by atoms with Crippen LogP contribution >= 0.6 is 23.8 Å². The Hall–Kier alpha value is -2.77. The number of methoxy groups -OCH3 is 2. The fourth-order valence-corrected chi connectivity index (χ4v) is 2.92. The number of benzene rings is 2. The first-order valence-electron chi connectivity index (χ1n) is 8.13. The Morgan fingerprint density at radius 1 is 1.07 bits per heavy atom. The molecule has 1 heterocycles. The molecule has 27 heavy (non-hydrogen) atoms. The van der Waals surface area contributed by atoms with Gasteiger partial charge in [0.25, 0.3) is 0 Å². The summed E-state index contributed by atoms with van der Waals surface area (Å²) in [6, 6.07) is 13.4. The molecule has 8 heteroatoms. The Balaban J connectivity index is 1.66. The zero-order chi connectivity index (χ0) is 19.2. The maximum absolute atomic E-state index is 5.91. The van der Waals surface area contributed by atoms with Crippen LogP contribution in [0, 0.1) is 0 Å². The van der Waals surface area contributed by atoms with E-state index in [4.69, 9.17) is 33.3 Å². The van der Waals surface area contributed by atoms with E-state index in [1.807, 2.05) is 36.4 Å². The summed E-state index contributed by atoms with van der Waals surface area (Å²) in [7, 11) is 3.21. The van der Waals surface area contributed by atoms with Crippen molar-refractivity contribution < 1.29 is 9.47 Å². The summed E-state index contributed by atoms with van der Waals surface area (Å²) < 4.78 is 12.3. The fourth-order valence-electron chi connectivity index (χ4n) is 2.53. The number of rotatable bonds is 6. The molecule has 0 aliphatic heterocycles. The van der Waals surface area contributed by atoms with Gasteiger partial charge in [0.05, 0.1) is 32.0 Å². The van der Waals surface area contributed by atoms with Gasteiger partial charge in [0, 0.05) is 35.8 Å². The zero-order valence-corrected chi connectivity index (χ0v) is 16.5. The second kappa shape index (κ2) is 8.75. The molecule has 3 rings (SSSR count). The third-order valence-corrected chi connectivity index (χ3v) is 4.14. The van der Waals surface area contributed by atoms with Crippen LogP contribution in [0.3, 0.4) is 0 Å². The average Bonchev–Trinajstić information content (AvgIpc) is 3.06. The highest BCUT2D eigenvalue weighted by molar-refractivity contribution is 7.80. The number of ether oxygens (including phenoxy) is 2. The molecule has 140 valence electrons. The first-order chi connectivity index (χ1) is 13.1. The number of halogens is 1. The molecule has 0 spiro atoms. The Morgan fingerprint density at radius 2 is 1.78 bits per heavy atom. The second-order valence-corrected chi connectivity index (χ2v) is 6.58. The van der Waals surface area contributed by atoms with Crippen LogP contribution in [0.5, 0.6) is 11.5 Å². The summed E-state index contributed by atoms with van der Waals surface area (Å²) >= 11 is 11.3. The van der Waals surface area contributed by atoms with Crippen molar-refractivity contribution in [2.45, 2.75) is 6.54 Å². The van der Waals surface area contributed by atoms with Crippen molar-refractivity contribution in [3.05, 3.63) is 65.4 Å². The Kier molecular flexibility index (Phi) is 6.16. The number of nitrogens with one attached hydrogen (secondary N) is 2. The Labute approximate surface area is 168 Å². The van der Waals surface area contributed by atoms with E-state index in [0.29, 0.717) is 28.2 Å². The first kappa shape index (κ1) is 19.0. The molecule has 0 bridgehead atoms. The Bertz CT molecular complexity index is 923. The highest BCUT2D eigenvalue weighted by Crippen LogP contribution is 2.26. The number of nitrogens with zero attached hydrogens (tertiary/aromatic N) is 2. The molecule has 2 N–H and O–H groups in total. The summed E-state index contributed by atoms with van der Waals surface area (Å²) in [5.41, 5.74) is 2.72. The third kappa shape index (κ3) is 5.35. The summed E-state index contributed by atoms with van der Waals surface area (Å²) in [5.74, 6) is 1.36. The normalized spacial score (nSPS) is 10.3. The van der Waals surface area contributed by atoms with Crippen LogP contribution < -0.4 is 20.1 Å². The molecular formula is C19H19ClN4O2S. The molecule has 0 aliphatic carbocycles. The quantitative estimate of drug-likeness (QED) is 0.595. The zero-order valence-electron chi connectivity index (χ0n) is 14.9. The van der Waals surface area contributed by atoms with E-state index in [-0.39, 0.29) is 0 Å². The first-order valence-corrected chi connectivity index (χ1v) is 8.92. The highest BCUT2D eigenvalue weighted by Gasteiger charge is 2.05. The Morgan fingerprint density at radius 3 is 2.41 bits per heavy atom. The van der Waals surface area contributed by atoms with Gasteiger partial charge in [0.15, 0.2) is 5.11 Å². The molecule has 0 saturated carbocycles. The average molecular weight is 403 g/mol. The SMILES string of the molecule is COc1cc(NC(=S)Nc2cccc(Cn3cc(Cl)cn3)c2)cc(OC)c1. The molecule has 6 nitrogen and oxygen atoms in total.